The molecule has 4 amide bonds. The van der Waals surface area contributed by atoms with E-state index in [1.54, 1.807) is 16.7 Å². The predicted molar refractivity (Wildman–Crippen MR) is 205 cm³/mol. The number of allylic oxidation sites excluding steroid dienone is 1. The molecule has 4 heterocycles. The Kier molecular flexibility index (Phi) is 13.7. The third-order valence-corrected chi connectivity index (χ3v) is 12.6. The Balaban J connectivity index is 1.19. The number of hydrogen-bond acceptors (Lipinski definition) is 7. The summed E-state index contributed by atoms with van der Waals surface area (Å²) in [6.45, 7) is 0.702. The van der Waals surface area contributed by atoms with Crippen molar-refractivity contribution in [2.75, 3.05) is 19.4 Å². The van der Waals surface area contributed by atoms with E-state index in [-0.39, 0.29) is 35.0 Å². The molecule has 0 radical (unpaired) electrons. The number of hydrogen-bond donors (Lipinski definition) is 2. The Hall–Kier alpha value is -4.12. The van der Waals surface area contributed by atoms with Gasteiger partial charge in [-0.05, 0) is 100 Å². The molecule has 2 aromatic carbocycles. The lowest BCUT2D eigenvalue weighted by molar-refractivity contribution is -0.156. The van der Waals surface area contributed by atoms with Crippen LogP contribution < -0.4 is 10.6 Å². The van der Waals surface area contributed by atoms with Crippen molar-refractivity contribution in [2.45, 2.75) is 113 Å². The molecule has 7 atom stereocenters. The van der Waals surface area contributed by atoms with E-state index in [0.717, 1.165) is 49.7 Å². The van der Waals surface area contributed by atoms with E-state index < -0.39 is 35.9 Å². The van der Waals surface area contributed by atoms with E-state index in [0.29, 0.717) is 57.2 Å². The molecular weight excluding hydrogens is 689 g/mol. The standard InChI is InChI=1S/C42H54N4O6S/c1-52-42(51)36-20-12-21-37-46(36)41(50)35(24-26-53-37)44-39(48)32(28-30-15-6-3-7-16-30)23-22-31(27-29-13-4-2-5-14-29)38(47)43-34-19-9-8-17-33-18-10-11-25-45(33)40(34)49/h2-8,13-17,31-37H,9-12,18-28H2,1H3,(H,43,47)(H,44,48). The van der Waals surface area contributed by atoms with Crippen molar-refractivity contribution in [2.24, 2.45) is 11.8 Å². The fourth-order valence-electron chi connectivity index (χ4n) is 8.39. The van der Waals surface area contributed by atoms with Gasteiger partial charge in [0, 0.05) is 18.4 Å². The van der Waals surface area contributed by atoms with Crippen molar-refractivity contribution in [3.8, 4) is 0 Å². The van der Waals surface area contributed by atoms with Crippen molar-refractivity contribution in [3.05, 3.63) is 83.9 Å². The summed E-state index contributed by atoms with van der Waals surface area (Å²) in [5, 5.41) is 6.14. The summed E-state index contributed by atoms with van der Waals surface area (Å²) in [7, 11) is 1.34. The van der Waals surface area contributed by atoms with Crippen LogP contribution in [0.25, 0.3) is 0 Å². The van der Waals surface area contributed by atoms with Crippen LogP contribution in [0, 0.1) is 11.8 Å². The number of nitrogens with zero attached hydrogens (tertiary/aromatic N) is 2. The Labute approximate surface area is 317 Å². The molecule has 4 aliphatic heterocycles. The Morgan fingerprint density at radius 1 is 0.774 bits per heavy atom. The van der Waals surface area contributed by atoms with E-state index in [9.17, 15) is 24.0 Å². The van der Waals surface area contributed by atoms with Crippen LogP contribution in [0.2, 0.25) is 0 Å². The molecule has 7 unspecified atom stereocenters. The highest BCUT2D eigenvalue weighted by atomic mass is 32.2. The molecule has 6 rings (SSSR count). The van der Waals surface area contributed by atoms with Crippen LogP contribution in [0.15, 0.2) is 72.8 Å². The number of ether oxygens (including phenoxy) is 1. The molecule has 0 aliphatic carbocycles. The van der Waals surface area contributed by atoms with Gasteiger partial charge in [0.1, 0.15) is 18.1 Å². The molecule has 2 N–H and O–H groups in total. The molecule has 0 bridgehead atoms. The van der Waals surface area contributed by atoms with E-state index in [2.05, 4.69) is 22.8 Å². The first-order valence-electron chi connectivity index (χ1n) is 19.5. The van der Waals surface area contributed by atoms with Gasteiger partial charge in [-0.15, -0.1) is 11.8 Å². The topological polar surface area (TPSA) is 125 Å². The van der Waals surface area contributed by atoms with Crippen molar-refractivity contribution >= 4 is 41.4 Å². The highest BCUT2D eigenvalue weighted by Gasteiger charge is 2.44. The second kappa shape index (κ2) is 18.8. The van der Waals surface area contributed by atoms with Gasteiger partial charge in [0.25, 0.3) is 0 Å². The van der Waals surface area contributed by atoms with Crippen LogP contribution in [0.4, 0.5) is 0 Å². The average Bonchev–Trinajstić information content (AvgIpc) is 3.34. The van der Waals surface area contributed by atoms with Gasteiger partial charge in [0.2, 0.25) is 23.6 Å². The van der Waals surface area contributed by atoms with Crippen LogP contribution in [0.5, 0.6) is 0 Å². The smallest absolute Gasteiger partial charge is 0.328 e. The number of amides is 4. The molecule has 284 valence electrons. The van der Waals surface area contributed by atoms with Crippen LogP contribution in [0.3, 0.4) is 0 Å². The number of carbonyl (C=O) groups is 5. The minimum absolute atomic E-state index is 0.0104. The van der Waals surface area contributed by atoms with Crippen LogP contribution in [-0.2, 0) is 41.6 Å². The summed E-state index contributed by atoms with van der Waals surface area (Å²) in [6.07, 6.45) is 13.0. The van der Waals surface area contributed by atoms with Gasteiger partial charge in [-0.2, -0.15) is 0 Å². The monoisotopic (exact) mass is 742 g/mol. The lowest BCUT2D eigenvalue weighted by Gasteiger charge is -2.40. The van der Waals surface area contributed by atoms with Gasteiger partial charge in [-0.1, -0.05) is 72.8 Å². The van der Waals surface area contributed by atoms with Crippen LogP contribution >= 0.6 is 11.8 Å². The molecule has 2 aromatic rings. The van der Waals surface area contributed by atoms with Gasteiger partial charge in [-0.25, -0.2) is 4.79 Å². The number of esters is 1. The SMILES string of the molecule is COC(=O)C1CCCC2SCCC(NC(=O)C(CCC(Cc3ccccc3)C(=O)NC3CCC=CC4CCCCN4C3=O)Cc3ccccc3)C(=O)N21. The molecule has 0 spiro atoms. The Bertz CT molecular complexity index is 1600. The number of methoxy groups -OCH3 is 1. The summed E-state index contributed by atoms with van der Waals surface area (Å²) in [5.74, 6) is -1.38. The quantitative estimate of drug-likeness (QED) is 0.226. The fraction of sp³-hybridized carbons (Fsp3) is 0.548. The van der Waals surface area contributed by atoms with Gasteiger partial charge in [0.15, 0.2) is 0 Å². The number of benzene rings is 2. The molecule has 10 nitrogen and oxygen atoms in total. The first kappa shape index (κ1) is 38.6. The predicted octanol–water partition coefficient (Wildman–Crippen LogP) is 5.20. The van der Waals surface area contributed by atoms with Crippen molar-refractivity contribution < 1.29 is 28.7 Å². The molecular formula is C42H54N4O6S. The molecule has 3 fully saturated rings. The van der Waals surface area contributed by atoms with Crippen LogP contribution in [0.1, 0.15) is 81.8 Å². The van der Waals surface area contributed by atoms with Gasteiger partial charge in [-0.3, -0.25) is 19.2 Å². The minimum atomic E-state index is -0.759. The maximum absolute atomic E-state index is 14.3. The second-order valence-electron chi connectivity index (χ2n) is 14.9. The van der Waals surface area contributed by atoms with E-state index in [4.69, 9.17) is 4.74 Å². The number of fused-ring (bicyclic) bond motifs is 2. The number of piperidine rings is 2. The lowest BCUT2D eigenvalue weighted by atomic mass is 9.86. The maximum atomic E-state index is 14.3. The summed E-state index contributed by atoms with van der Waals surface area (Å²) in [5.41, 5.74) is 2.00. The fourth-order valence-corrected chi connectivity index (χ4v) is 9.77. The lowest BCUT2D eigenvalue weighted by Crippen LogP contribution is -2.57. The number of thioether (sulfide) groups is 1. The number of carbonyl (C=O) groups excluding carboxylic acids is 5. The van der Waals surface area contributed by atoms with Crippen molar-refractivity contribution in [1.29, 1.82) is 0 Å². The largest absolute Gasteiger partial charge is 0.467 e. The van der Waals surface area contributed by atoms with Crippen molar-refractivity contribution in [1.82, 2.24) is 20.4 Å². The van der Waals surface area contributed by atoms with Gasteiger partial charge >= 0.3 is 5.97 Å². The van der Waals surface area contributed by atoms with E-state index in [1.807, 2.05) is 65.6 Å². The summed E-state index contributed by atoms with van der Waals surface area (Å²) in [6, 6.07) is 17.7. The van der Waals surface area contributed by atoms with E-state index >= 15 is 0 Å². The molecule has 11 heteroatoms. The molecule has 0 aromatic heterocycles. The third-order valence-electron chi connectivity index (χ3n) is 11.3. The molecule has 3 saturated heterocycles. The van der Waals surface area contributed by atoms with Gasteiger partial charge in [0.05, 0.1) is 18.5 Å². The molecule has 0 saturated carbocycles. The van der Waals surface area contributed by atoms with E-state index in [1.165, 1.54) is 7.11 Å². The normalized spacial score (nSPS) is 25.8. The molecule has 53 heavy (non-hydrogen) atoms. The maximum Gasteiger partial charge on any atom is 0.328 e. The second-order valence-corrected chi connectivity index (χ2v) is 16.2. The summed E-state index contributed by atoms with van der Waals surface area (Å²) < 4.78 is 5.07. The minimum Gasteiger partial charge on any atom is -0.467 e. The number of rotatable bonds is 12. The molecule has 4 aliphatic rings. The van der Waals surface area contributed by atoms with Crippen molar-refractivity contribution in [3.63, 3.8) is 0 Å². The summed E-state index contributed by atoms with van der Waals surface area (Å²) in [4.78, 5) is 72.6. The Morgan fingerprint density at radius 3 is 2.02 bits per heavy atom. The highest BCUT2D eigenvalue weighted by molar-refractivity contribution is 7.99. The average molecular weight is 743 g/mol. The number of nitrogens with one attached hydrogen (secondary N) is 2. The van der Waals surface area contributed by atoms with Gasteiger partial charge < -0.3 is 25.2 Å². The zero-order chi connectivity index (χ0) is 37.2. The zero-order valence-corrected chi connectivity index (χ0v) is 31.6. The first-order valence-corrected chi connectivity index (χ1v) is 20.5. The summed E-state index contributed by atoms with van der Waals surface area (Å²) >= 11 is 1.66. The third kappa shape index (κ3) is 9.90. The van der Waals surface area contributed by atoms with Crippen LogP contribution in [-0.4, -0.2) is 88.3 Å². The first-order chi connectivity index (χ1) is 25.8. The Morgan fingerprint density at radius 2 is 1.40 bits per heavy atom. The zero-order valence-electron chi connectivity index (χ0n) is 30.8. The highest BCUT2D eigenvalue weighted by Crippen LogP contribution is 2.35.